The normalized spacial score (nSPS) is 30.4. The van der Waals surface area contributed by atoms with Crippen molar-refractivity contribution in [3.05, 3.63) is 21.8 Å². The molecular weight excluding hydrogens is 285 g/mol. The minimum absolute atomic E-state index is 0.661. The van der Waals surface area contributed by atoms with E-state index in [1.165, 1.54) is 35.9 Å². The van der Waals surface area contributed by atoms with Crippen LogP contribution in [0.4, 0.5) is 0 Å². The van der Waals surface area contributed by atoms with E-state index < -0.39 is 0 Å². The molecule has 1 aliphatic carbocycles. The molecule has 1 unspecified atom stereocenters. The minimum atomic E-state index is 0.661. The number of likely N-dealkylation sites (tertiary alicyclic amines) is 1. The van der Waals surface area contributed by atoms with E-state index in [2.05, 4.69) is 52.6 Å². The maximum atomic E-state index is 2.65. The molecule has 78 valence electrons. The van der Waals surface area contributed by atoms with Crippen LogP contribution in [0, 0.1) is 5.92 Å². The summed E-state index contributed by atoms with van der Waals surface area (Å²) in [5.41, 5.74) is 0. The molecule has 2 aliphatic rings. The molecule has 1 fully saturated rings. The second-order valence-corrected chi connectivity index (χ2v) is 5.55. The summed E-state index contributed by atoms with van der Waals surface area (Å²) >= 11 is 2.48. The van der Waals surface area contributed by atoms with Crippen molar-refractivity contribution in [3.8, 4) is 0 Å². The van der Waals surface area contributed by atoms with Crippen LogP contribution in [0.15, 0.2) is 21.8 Å². The summed E-state index contributed by atoms with van der Waals surface area (Å²) in [5.74, 6) is 0.661. The van der Waals surface area contributed by atoms with Gasteiger partial charge >= 0.3 is 0 Å². The Balaban J connectivity index is 1.96. The van der Waals surface area contributed by atoms with Crippen molar-refractivity contribution in [2.75, 3.05) is 13.1 Å². The first-order chi connectivity index (χ1) is 6.79. The van der Waals surface area contributed by atoms with Crippen molar-refractivity contribution < 1.29 is 0 Å². The van der Waals surface area contributed by atoms with Crippen molar-refractivity contribution in [3.63, 3.8) is 0 Å². The van der Waals surface area contributed by atoms with Gasteiger partial charge in [0.15, 0.2) is 0 Å². The zero-order valence-electron chi connectivity index (χ0n) is 8.75. The van der Waals surface area contributed by atoms with Crippen molar-refractivity contribution in [2.45, 2.75) is 32.2 Å². The van der Waals surface area contributed by atoms with E-state index in [9.17, 15) is 0 Å². The third-order valence-electron chi connectivity index (χ3n) is 3.38. The molecule has 1 heterocycles. The van der Waals surface area contributed by atoms with Crippen molar-refractivity contribution in [2.24, 2.45) is 5.92 Å². The Kier molecular flexibility index (Phi) is 3.66. The number of rotatable bonds is 2. The highest BCUT2D eigenvalue weighted by atomic mass is 127. The fraction of sp³-hybridized carbons (Fsp3) is 0.667. The van der Waals surface area contributed by atoms with Gasteiger partial charge in [-0.1, -0.05) is 24.6 Å². The van der Waals surface area contributed by atoms with E-state index in [4.69, 9.17) is 0 Å². The molecule has 0 aromatic carbocycles. The largest absolute Gasteiger partial charge is 0.300 e. The van der Waals surface area contributed by atoms with Gasteiger partial charge in [-0.2, -0.15) is 0 Å². The molecule has 1 nitrogen and oxygen atoms in total. The molecule has 0 bridgehead atoms. The standard InChI is InChI=1S/C12H18IN/c1-10(11-6-5-7-12(11)13)14-8-3-2-4-9-14/h5-7,10-11H,2-4,8-9H2,1H3/t10-,11?/m1/s1. The molecule has 1 saturated heterocycles. The lowest BCUT2D eigenvalue weighted by atomic mass is 9.99. The quantitative estimate of drug-likeness (QED) is 0.707. The van der Waals surface area contributed by atoms with Gasteiger partial charge in [0.25, 0.3) is 0 Å². The first-order valence-corrected chi connectivity index (χ1v) is 6.65. The maximum absolute atomic E-state index is 2.65. The van der Waals surface area contributed by atoms with Crippen LogP contribution in [-0.2, 0) is 0 Å². The molecule has 2 rings (SSSR count). The topological polar surface area (TPSA) is 3.24 Å². The fourth-order valence-corrected chi connectivity index (χ4v) is 3.35. The highest BCUT2D eigenvalue weighted by Gasteiger charge is 2.25. The Morgan fingerprint density at radius 2 is 2.07 bits per heavy atom. The third kappa shape index (κ3) is 2.22. The average Bonchev–Trinajstić information content (AvgIpc) is 2.65. The highest BCUT2D eigenvalue weighted by molar-refractivity contribution is 14.1. The molecule has 0 N–H and O–H groups in total. The number of hydrogen-bond donors (Lipinski definition) is 0. The van der Waals surface area contributed by atoms with Gasteiger partial charge in [0.1, 0.15) is 0 Å². The lowest BCUT2D eigenvalue weighted by Gasteiger charge is -2.35. The van der Waals surface area contributed by atoms with E-state index >= 15 is 0 Å². The van der Waals surface area contributed by atoms with E-state index in [0.717, 1.165) is 0 Å². The Bertz CT molecular complexity index is 251. The molecular formula is C12H18IN. The summed E-state index contributed by atoms with van der Waals surface area (Å²) in [5, 5.41) is 0. The average molecular weight is 303 g/mol. The Hall–Kier alpha value is 0.170. The maximum Gasteiger partial charge on any atom is 0.0233 e. The van der Waals surface area contributed by atoms with Crippen LogP contribution in [0.3, 0.4) is 0 Å². The molecule has 0 spiro atoms. The van der Waals surface area contributed by atoms with Gasteiger partial charge in [-0.05, 0) is 59.0 Å². The van der Waals surface area contributed by atoms with Crippen molar-refractivity contribution in [1.82, 2.24) is 4.90 Å². The smallest absolute Gasteiger partial charge is 0.0233 e. The van der Waals surface area contributed by atoms with Gasteiger partial charge in [0.2, 0.25) is 0 Å². The zero-order chi connectivity index (χ0) is 9.97. The van der Waals surface area contributed by atoms with Gasteiger partial charge in [-0.15, -0.1) is 0 Å². The van der Waals surface area contributed by atoms with Crippen molar-refractivity contribution in [1.29, 1.82) is 0 Å². The summed E-state index contributed by atoms with van der Waals surface area (Å²) in [6.45, 7) is 4.98. The van der Waals surface area contributed by atoms with E-state index in [0.29, 0.717) is 12.0 Å². The van der Waals surface area contributed by atoms with Crippen LogP contribution >= 0.6 is 22.6 Å². The SMILES string of the molecule is C[C@H](C1C=CC=C1I)N1CCCCC1. The lowest BCUT2D eigenvalue weighted by Crippen LogP contribution is -2.41. The van der Waals surface area contributed by atoms with E-state index in [-0.39, 0.29) is 0 Å². The molecule has 2 heteroatoms. The number of halogens is 1. The van der Waals surface area contributed by atoms with Crippen LogP contribution < -0.4 is 0 Å². The van der Waals surface area contributed by atoms with E-state index in [1.807, 2.05) is 0 Å². The number of allylic oxidation sites excluding steroid dienone is 2. The van der Waals surface area contributed by atoms with Crippen LogP contribution in [0.2, 0.25) is 0 Å². The summed E-state index contributed by atoms with van der Waals surface area (Å²) in [4.78, 5) is 2.65. The fourth-order valence-electron chi connectivity index (χ4n) is 2.41. The predicted octanol–water partition coefficient (Wildman–Crippen LogP) is 3.37. The summed E-state index contributed by atoms with van der Waals surface area (Å²) in [7, 11) is 0. The van der Waals surface area contributed by atoms with Crippen LogP contribution in [-0.4, -0.2) is 24.0 Å². The number of hydrogen-bond acceptors (Lipinski definition) is 1. The second kappa shape index (κ2) is 4.79. The van der Waals surface area contributed by atoms with Gasteiger partial charge in [-0.3, -0.25) is 4.90 Å². The number of piperidine rings is 1. The second-order valence-electron chi connectivity index (χ2n) is 4.30. The minimum Gasteiger partial charge on any atom is -0.300 e. The highest BCUT2D eigenvalue weighted by Crippen LogP contribution is 2.31. The Morgan fingerprint density at radius 3 is 2.64 bits per heavy atom. The number of nitrogens with zero attached hydrogens (tertiary/aromatic N) is 1. The predicted molar refractivity (Wildman–Crippen MR) is 69.6 cm³/mol. The van der Waals surface area contributed by atoms with Gasteiger partial charge in [-0.25, -0.2) is 0 Å². The molecule has 0 saturated carbocycles. The Morgan fingerprint density at radius 1 is 1.36 bits per heavy atom. The molecule has 14 heavy (non-hydrogen) atoms. The molecule has 0 aromatic rings. The Labute approximate surface area is 100 Å². The summed E-state index contributed by atoms with van der Waals surface area (Å²) < 4.78 is 1.50. The monoisotopic (exact) mass is 303 g/mol. The summed E-state index contributed by atoms with van der Waals surface area (Å²) in [6, 6.07) is 0.692. The first-order valence-electron chi connectivity index (χ1n) is 5.57. The third-order valence-corrected chi connectivity index (χ3v) is 4.46. The van der Waals surface area contributed by atoms with Crippen LogP contribution in [0.1, 0.15) is 26.2 Å². The zero-order valence-corrected chi connectivity index (χ0v) is 10.9. The van der Waals surface area contributed by atoms with Crippen LogP contribution in [0.5, 0.6) is 0 Å². The molecule has 0 amide bonds. The van der Waals surface area contributed by atoms with Gasteiger partial charge in [0, 0.05) is 12.0 Å². The molecule has 2 atom stereocenters. The van der Waals surface area contributed by atoms with Crippen molar-refractivity contribution >= 4 is 22.6 Å². The molecule has 0 radical (unpaired) electrons. The lowest BCUT2D eigenvalue weighted by molar-refractivity contribution is 0.156. The molecule has 0 aromatic heterocycles. The first kappa shape index (κ1) is 10.7. The van der Waals surface area contributed by atoms with Crippen LogP contribution in [0.25, 0.3) is 0 Å². The van der Waals surface area contributed by atoms with E-state index in [1.54, 1.807) is 0 Å². The van der Waals surface area contributed by atoms with Gasteiger partial charge < -0.3 is 0 Å². The summed E-state index contributed by atoms with van der Waals surface area (Å²) in [6.07, 6.45) is 11.0. The van der Waals surface area contributed by atoms with Gasteiger partial charge in [0.05, 0.1) is 0 Å². The molecule has 1 aliphatic heterocycles.